The number of carboxylic acid groups (broad SMARTS) is 1. The fraction of sp³-hybridized carbons (Fsp3) is 0.206. The molecule has 1 heterocycles. The molecule has 0 radical (unpaired) electrons. The molecule has 0 bridgehead atoms. The molecule has 0 fully saturated rings. The van der Waals surface area contributed by atoms with Crippen LogP contribution in [0.3, 0.4) is 0 Å². The number of carbonyl (C=O) groups is 1. The Bertz CT molecular complexity index is 1990. The van der Waals surface area contributed by atoms with E-state index in [4.69, 9.17) is 4.42 Å². The summed E-state index contributed by atoms with van der Waals surface area (Å²) >= 11 is 0. The molecule has 45 heavy (non-hydrogen) atoms. The Labute approximate surface area is 257 Å². The number of hydrogen-bond acceptors (Lipinski definition) is 4. The molecule has 0 aliphatic carbocycles. The monoisotopic (exact) mass is 639 g/mol. The summed E-state index contributed by atoms with van der Waals surface area (Å²) in [6.45, 7) is 4.03. The van der Waals surface area contributed by atoms with Crippen LogP contribution in [0.4, 0.5) is 17.6 Å². The molecule has 0 aliphatic rings. The summed E-state index contributed by atoms with van der Waals surface area (Å²) in [6, 6.07) is 22.8. The number of hydrogen-bond donors (Lipinski definition) is 1. The van der Waals surface area contributed by atoms with Crippen LogP contribution < -0.4 is 0 Å². The van der Waals surface area contributed by atoms with E-state index >= 15 is 0 Å². The van der Waals surface area contributed by atoms with Crippen molar-refractivity contribution in [3.8, 4) is 11.1 Å². The molecule has 0 unspecified atom stereocenters. The van der Waals surface area contributed by atoms with Gasteiger partial charge in [-0.1, -0.05) is 66.7 Å². The van der Waals surface area contributed by atoms with Gasteiger partial charge in [0, 0.05) is 11.9 Å². The van der Waals surface area contributed by atoms with Crippen LogP contribution in [0.2, 0.25) is 0 Å². The van der Waals surface area contributed by atoms with Gasteiger partial charge in [-0.3, -0.25) is 4.79 Å². The van der Waals surface area contributed by atoms with E-state index in [1.165, 1.54) is 12.1 Å². The van der Waals surface area contributed by atoms with E-state index in [1.54, 1.807) is 75.4 Å². The molecule has 0 atom stereocenters. The lowest BCUT2D eigenvalue weighted by molar-refractivity contribution is -0.153. The molecule has 0 amide bonds. The number of halogens is 4. The van der Waals surface area contributed by atoms with Gasteiger partial charge in [-0.25, -0.2) is 12.8 Å². The smallest absolute Gasteiger partial charge is 0.449 e. The van der Waals surface area contributed by atoms with E-state index in [2.05, 4.69) is 0 Å². The highest BCUT2D eigenvalue weighted by molar-refractivity contribution is 7.89. The number of benzene rings is 4. The first-order chi connectivity index (χ1) is 21.1. The zero-order valence-corrected chi connectivity index (χ0v) is 25.3. The largest absolute Gasteiger partial charge is 0.481 e. The zero-order valence-electron chi connectivity index (χ0n) is 24.5. The molecule has 4 aromatic carbocycles. The molecule has 1 aromatic heterocycles. The number of aryl methyl sites for hydroxylation is 1. The van der Waals surface area contributed by atoms with Gasteiger partial charge in [0.15, 0.2) is 0 Å². The molecule has 6 nitrogen and oxygen atoms in total. The zero-order chi connectivity index (χ0) is 32.7. The number of furan rings is 1. The average molecular weight is 640 g/mol. The van der Waals surface area contributed by atoms with Crippen LogP contribution >= 0.6 is 0 Å². The average Bonchev–Trinajstić information content (AvgIpc) is 3.46. The predicted molar refractivity (Wildman–Crippen MR) is 161 cm³/mol. The van der Waals surface area contributed by atoms with Crippen molar-refractivity contribution in [3.63, 3.8) is 0 Å². The third kappa shape index (κ3) is 6.50. The molecule has 5 rings (SSSR count). The van der Waals surface area contributed by atoms with E-state index in [9.17, 15) is 35.9 Å². The van der Waals surface area contributed by atoms with E-state index in [-0.39, 0.29) is 22.6 Å². The Balaban J connectivity index is 1.54. The Kier molecular flexibility index (Phi) is 8.37. The first kappa shape index (κ1) is 31.9. The Hall–Kier alpha value is -4.48. The summed E-state index contributed by atoms with van der Waals surface area (Å²) in [7, 11) is -4.42. The highest BCUT2D eigenvalue weighted by Crippen LogP contribution is 2.35. The van der Waals surface area contributed by atoms with Gasteiger partial charge in [-0.05, 0) is 78.2 Å². The second-order valence-corrected chi connectivity index (χ2v) is 13.2. The second-order valence-electron chi connectivity index (χ2n) is 11.3. The summed E-state index contributed by atoms with van der Waals surface area (Å²) in [5.74, 6) is -3.08. The van der Waals surface area contributed by atoms with Crippen molar-refractivity contribution < 1.29 is 40.3 Å². The molecule has 0 saturated carbocycles. The fourth-order valence-electron chi connectivity index (χ4n) is 5.08. The fourth-order valence-corrected chi connectivity index (χ4v) is 6.88. The topological polar surface area (TPSA) is 87.8 Å². The summed E-state index contributed by atoms with van der Waals surface area (Å²) in [5.41, 5.74) is 1.85. The number of rotatable bonds is 9. The summed E-state index contributed by atoms with van der Waals surface area (Å²) < 4.78 is 88.6. The van der Waals surface area contributed by atoms with Gasteiger partial charge in [0.2, 0.25) is 15.8 Å². The maximum absolute atomic E-state index is 14.3. The standard InChI is InChI=1S/C34H29F4NO5S/c1-21-7-10-24-13-14-27(35)18-29(24)31(21)45(42,43)39(20-28-15-16-30(44-28)34(36,37)38)19-22-8-11-23(12-9-22)25-5-4-6-26(17-25)33(2,3)32(40)41/h4-18H,19-20H2,1-3H3,(H,40,41). The SMILES string of the molecule is Cc1ccc2ccc(F)cc2c1S(=O)(=O)N(Cc1ccc(-c2cccc(C(C)(C)C(=O)O)c2)cc1)Cc1ccc(C(F)(F)F)o1. The van der Waals surface area contributed by atoms with Crippen molar-refractivity contribution in [2.24, 2.45) is 0 Å². The highest BCUT2D eigenvalue weighted by Gasteiger charge is 2.36. The number of aliphatic carboxylic acids is 1. The molecule has 1 N–H and O–H groups in total. The maximum atomic E-state index is 14.3. The molecule has 0 aliphatic heterocycles. The number of sulfonamides is 1. The van der Waals surface area contributed by atoms with Gasteiger partial charge >= 0.3 is 12.1 Å². The second kappa shape index (κ2) is 11.8. The lowest BCUT2D eigenvalue weighted by Gasteiger charge is -2.24. The van der Waals surface area contributed by atoms with Crippen LogP contribution in [-0.2, 0) is 39.5 Å². The molecular weight excluding hydrogens is 610 g/mol. The van der Waals surface area contributed by atoms with Gasteiger partial charge in [0.05, 0.1) is 16.9 Å². The van der Waals surface area contributed by atoms with Crippen molar-refractivity contribution in [2.45, 2.75) is 50.3 Å². The van der Waals surface area contributed by atoms with Gasteiger partial charge in [-0.2, -0.15) is 17.5 Å². The Morgan fingerprint density at radius 1 is 0.867 bits per heavy atom. The van der Waals surface area contributed by atoms with Crippen LogP contribution in [0.1, 0.15) is 42.1 Å². The van der Waals surface area contributed by atoms with Gasteiger partial charge in [-0.15, -0.1) is 0 Å². The molecule has 0 spiro atoms. The minimum atomic E-state index is -4.75. The van der Waals surface area contributed by atoms with E-state index in [1.807, 2.05) is 6.07 Å². The number of carboxylic acids is 1. The Morgan fingerprint density at radius 2 is 1.56 bits per heavy atom. The molecule has 11 heteroatoms. The molecule has 5 aromatic rings. The highest BCUT2D eigenvalue weighted by atomic mass is 32.2. The van der Waals surface area contributed by atoms with Crippen molar-refractivity contribution in [1.82, 2.24) is 4.31 Å². The molecule has 0 saturated heterocycles. The molecular formula is C34H29F4NO5S. The van der Waals surface area contributed by atoms with Crippen LogP contribution in [0.15, 0.2) is 100 Å². The van der Waals surface area contributed by atoms with Crippen molar-refractivity contribution in [1.29, 1.82) is 0 Å². The van der Waals surface area contributed by atoms with Crippen LogP contribution in [0.25, 0.3) is 21.9 Å². The van der Waals surface area contributed by atoms with Crippen molar-refractivity contribution in [3.05, 3.63) is 125 Å². The predicted octanol–water partition coefficient (Wildman–Crippen LogP) is 8.32. The molecule has 234 valence electrons. The van der Waals surface area contributed by atoms with E-state index in [0.29, 0.717) is 22.1 Å². The van der Waals surface area contributed by atoms with Gasteiger partial charge < -0.3 is 9.52 Å². The van der Waals surface area contributed by atoms with Gasteiger partial charge in [0.1, 0.15) is 11.6 Å². The third-order valence-electron chi connectivity index (χ3n) is 7.77. The first-order valence-electron chi connectivity index (χ1n) is 13.9. The number of nitrogens with zero attached hydrogens (tertiary/aromatic N) is 1. The lowest BCUT2D eigenvalue weighted by atomic mass is 9.83. The van der Waals surface area contributed by atoms with Crippen LogP contribution in [0, 0.1) is 12.7 Å². The maximum Gasteiger partial charge on any atom is 0.449 e. The number of alkyl halides is 3. The summed E-state index contributed by atoms with van der Waals surface area (Å²) in [4.78, 5) is 11.6. The summed E-state index contributed by atoms with van der Waals surface area (Å²) in [5, 5.41) is 10.3. The third-order valence-corrected chi connectivity index (χ3v) is 9.76. The van der Waals surface area contributed by atoms with Gasteiger partial charge in [0.25, 0.3) is 0 Å². The van der Waals surface area contributed by atoms with Crippen LogP contribution in [0.5, 0.6) is 0 Å². The normalized spacial score (nSPS) is 12.6. The van der Waals surface area contributed by atoms with E-state index < -0.39 is 45.7 Å². The Morgan fingerprint density at radius 3 is 2.20 bits per heavy atom. The van der Waals surface area contributed by atoms with Crippen molar-refractivity contribution >= 4 is 26.8 Å². The van der Waals surface area contributed by atoms with E-state index in [0.717, 1.165) is 33.6 Å². The van der Waals surface area contributed by atoms with Crippen LogP contribution in [-0.4, -0.2) is 23.8 Å². The number of fused-ring (bicyclic) bond motifs is 1. The first-order valence-corrected chi connectivity index (χ1v) is 15.3. The van der Waals surface area contributed by atoms with Crippen molar-refractivity contribution in [2.75, 3.05) is 0 Å². The minimum absolute atomic E-state index is 0.148. The minimum Gasteiger partial charge on any atom is -0.481 e. The lowest BCUT2D eigenvalue weighted by Crippen LogP contribution is -2.31. The quantitative estimate of drug-likeness (QED) is 0.164. The summed E-state index contributed by atoms with van der Waals surface area (Å²) in [6.07, 6.45) is -4.75.